The summed E-state index contributed by atoms with van der Waals surface area (Å²) in [4.78, 5) is 54.8. The molecular formula is C49H59F2N5O8. The molecule has 1 amide bonds. The van der Waals surface area contributed by atoms with E-state index in [4.69, 9.17) is 4.74 Å². The Morgan fingerprint density at radius 3 is 2.50 bits per heavy atom. The number of nitrogens with zero attached hydrogens (tertiary/aromatic N) is 2. The monoisotopic (exact) mass is 883 g/mol. The first-order chi connectivity index (χ1) is 30.4. The molecule has 0 aliphatic heterocycles. The van der Waals surface area contributed by atoms with Crippen LogP contribution in [0.2, 0.25) is 0 Å². The topological polar surface area (TPSA) is 192 Å². The average molecular weight is 884 g/mol. The molecule has 6 aliphatic carbocycles. The lowest BCUT2D eigenvalue weighted by atomic mass is 9.44. The Balaban J connectivity index is 0.000000181. The minimum absolute atomic E-state index is 0.0676. The van der Waals surface area contributed by atoms with Crippen molar-refractivity contribution in [3.63, 3.8) is 0 Å². The molecule has 0 bridgehead atoms. The molecule has 5 fully saturated rings. The van der Waals surface area contributed by atoms with Crippen LogP contribution in [0.1, 0.15) is 93.6 Å². The van der Waals surface area contributed by atoms with E-state index >= 15 is 4.39 Å². The quantitative estimate of drug-likeness (QED) is 0.132. The number of rotatable bonds is 12. The van der Waals surface area contributed by atoms with Crippen LogP contribution in [0.5, 0.6) is 5.75 Å². The minimum Gasteiger partial charge on any atom is -0.492 e. The number of aromatic nitrogens is 2. The molecule has 6 N–H and O–H groups in total. The predicted molar refractivity (Wildman–Crippen MR) is 235 cm³/mol. The third kappa shape index (κ3) is 7.32. The van der Waals surface area contributed by atoms with Gasteiger partial charge in [-0.2, -0.15) is 0 Å². The van der Waals surface area contributed by atoms with Crippen molar-refractivity contribution in [2.45, 2.75) is 108 Å². The highest BCUT2D eigenvalue weighted by atomic mass is 19.1. The number of hydrogen-bond donors (Lipinski definition) is 6. The third-order valence-electron chi connectivity index (χ3n) is 15.5. The summed E-state index contributed by atoms with van der Waals surface area (Å²) in [6.45, 7) is 7.31. The van der Waals surface area contributed by atoms with Gasteiger partial charge in [0.15, 0.2) is 23.1 Å². The summed E-state index contributed by atoms with van der Waals surface area (Å²) in [7, 11) is 1.87. The van der Waals surface area contributed by atoms with Crippen LogP contribution in [0.25, 0.3) is 5.69 Å². The van der Waals surface area contributed by atoms with Gasteiger partial charge in [0.1, 0.15) is 30.4 Å². The number of aliphatic hydroxyl groups excluding tert-OH is 2. The first kappa shape index (κ1) is 45.5. The first-order valence-electron chi connectivity index (χ1n) is 22.4. The summed E-state index contributed by atoms with van der Waals surface area (Å²) in [6.07, 6.45) is 10.9. The molecule has 13 nitrogen and oxygen atoms in total. The van der Waals surface area contributed by atoms with E-state index in [9.17, 15) is 38.9 Å². The van der Waals surface area contributed by atoms with E-state index in [1.165, 1.54) is 35.2 Å². The molecule has 1 heterocycles. The second kappa shape index (κ2) is 16.7. The van der Waals surface area contributed by atoms with E-state index in [1.807, 2.05) is 31.3 Å². The number of amides is 1. The number of nitrogens with one attached hydrogen (secondary N) is 3. The molecule has 64 heavy (non-hydrogen) atoms. The number of halogens is 2. The van der Waals surface area contributed by atoms with Crippen LogP contribution in [0.4, 0.5) is 14.6 Å². The van der Waals surface area contributed by atoms with Gasteiger partial charge in [-0.1, -0.05) is 43.7 Å². The highest BCUT2D eigenvalue weighted by Gasteiger charge is 2.75. The Labute approximate surface area is 371 Å². The molecule has 342 valence electrons. The van der Waals surface area contributed by atoms with Crippen molar-refractivity contribution < 1.29 is 43.2 Å². The second-order valence-corrected chi connectivity index (χ2v) is 19.2. The minimum atomic E-state index is -1.98. The molecule has 0 spiro atoms. The summed E-state index contributed by atoms with van der Waals surface area (Å²) in [5.41, 5.74) is -4.30. The average Bonchev–Trinajstić information content (AvgIpc) is 4.22. The van der Waals surface area contributed by atoms with Crippen molar-refractivity contribution in [2.75, 3.05) is 32.1 Å². The number of anilines is 1. The SMILES string of the molecule is CNCCOc1ccccc1C1(Nc2nccn(-c3cc(C(=O)NC4CC4)cc(F)c3C)c2=O)CC1.C[C@@H]1C[C@H]2[C@@H]3CCC4=CC(=O)C=C[C@]4(C)[C@@]3(F)[C@@H](O)C[C@]2(C)[C@@]1(O)C(=O)CO. The number of allylic oxidation sites excluding steroid dienone is 4. The number of para-hydroxylation sites is 1. The van der Waals surface area contributed by atoms with Crippen LogP contribution in [-0.2, 0) is 15.1 Å². The molecule has 0 unspecified atom stereocenters. The zero-order valence-electron chi connectivity index (χ0n) is 37.0. The molecular weight excluding hydrogens is 825 g/mol. The number of alkyl halides is 1. The molecule has 2 aromatic carbocycles. The van der Waals surface area contributed by atoms with Gasteiger partial charge in [0.2, 0.25) is 0 Å². The normalized spacial score (nSPS) is 31.9. The smallest absolute Gasteiger partial charge is 0.297 e. The zero-order valence-corrected chi connectivity index (χ0v) is 37.0. The Morgan fingerprint density at radius 2 is 1.81 bits per heavy atom. The van der Waals surface area contributed by atoms with E-state index in [0.29, 0.717) is 43.7 Å². The van der Waals surface area contributed by atoms with Gasteiger partial charge in [-0.3, -0.25) is 23.7 Å². The number of Topliss-reactive ketones (excluding diaryl/α,β-unsaturated/α-hetero) is 1. The van der Waals surface area contributed by atoms with Gasteiger partial charge in [0.05, 0.1) is 17.3 Å². The summed E-state index contributed by atoms with van der Waals surface area (Å²) in [6, 6.07) is 10.7. The van der Waals surface area contributed by atoms with Crippen LogP contribution in [0, 0.1) is 41.3 Å². The number of carbonyl (C=O) groups is 3. The van der Waals surface area contributed by atoms with Crippen molar-refractivity contribution in [3.05, 3.63) is 105 Å². The van der Waals surface area contributed by atoms with Crippen molar-refractivity contribution in [3.8, 4) is 11.4 Å². The molecule has 15 heteroatoms. The lowest BCUT2D eigenvalue weighted by Crippen LogP contribution is -2.69. The lowest BCUT2D eigenvalue weighted by Gasteiger charge is -2.62. The molecule has 5 saturated carbocycles. The standard InChI is InChI=1S/C27H30FN5O3.C22H29FO5/c1-17-21(28)15-18(25(34)31-19-7-8-19)16-22(17)33-13-11-30-24(26(33)35)32-27(9-10-27)20-5-3-4-6-23(20)36-14-12-29-2;1-12-8-16-15-5-4-13-9-14(25)6-7-19(13,2)21(15,23)17(26)10-20(16,3)22(12,28)18(27)11-24/h3-6,11,13,15-16,19,29H,7-10,12,14H2,1-2H3,(H,30,32)(H,31,34);6-7,9,12,15-17,24,26,28H,4-5,8,10-11H2,1-3H3/t;12-,15+,16+,17+,19+,20+,21+,22+/m.1/s1. The number of aliphatic hydroxyl groups is 3. The van der Waals surface area contributed by atoms with E-state index in [2.05, 4.69) is 20.9 Å². The summed E-state index contributed by atoms with van der Waals surface area (Å²) in [5.74, 6) is -2.08. The van der Waals surface area contributed by atoms with Gasteiger partial charge < -0.3 is 36.0 Å². The predicted octanol–water partition coefficient (Wildman–Crippen LogP) is 5.17. The highest BCUT2D eigenvalue weighted by molar-refractivity contribution is 6.01. The van der Waals surface area contributed by atoms with Gasteiger partial charge >= 0.3 is 0 Å². The number of hydrogen-bond acceptors (Lipinski definition) is 11. The largest absolute Gasteiger partial charge is 0.492 e. The van der Waals surface area contributed by atoms with Gasteiger partial charge in [-0.15, -0.1) is 0 Å². The first-order valence-corrected chi connectivity index (χ1v) is 22.4. The Bertz CT molecular complexity index is 2480. The van der Waals surface area contributed by atoms with Crippen LogP contribution >= 0.6 is 0 Å². The van der Waals surface area contributed by atoms with E-state index in [-0.39, 0.29) is 47.0 Å². The Morgan fingerprint density at radius 1 is 1.08 bits per heavy atom. The number of fused-ring (bicyclic) bond motifs is 5. The molecule has 3 aromatic rings. The molecule has 8 atom stereocenters. The van der Waals surface area contributed by atoms with Crippen LogP contribution in [0.15, 0.2) is 77.4 Å². The summed E-state index contributed by atoms with van der Waals surface area (Å²) >= 11 is 0. The highest BCUT2D eigenvalue weighted by Crippen LogP contribution is 2.70. The zero-order chi connectivity index (χ0) is 46.0. The molecule has 0 saturated heterocycles. The van der Waals surface area contributed by atoms with Crippen LogP contribution in [-0.4, -0.2) is 92.6 Å². The fraction of sp³-hybridized carbons (Fsp3) is 0.531. The van der Waals surface area contributed by atoms with Gasteiger partial charge in [0, 0.05) is 58.4 Å². The maximum atomic E-state index is 16.9. The molecule has 1 aromatic heterocycles. The van der Waals surface area contributed by atoms with E-state index < -0.39 is 69.3 Å². The van der Waals surface area contributed by atoms with Crippen molar-refractivity contribution in [1.29, 1.82) is 0 Å². The number of likely N-dealkylation sites (N-methyl/N-ethyl adjacent to an activating group) is 1. The summed E-state index contributed by atoms with van der Waals surface area (Å²) in [5, 5.41) is 41.2. The lowest BCUT2D eigenvalue weighted by molar-refractivity contribution is -0.219. The maximum absolute atomic E-state index is 16.9. The van der Waals surface area contributed by atoms with Crippen LogP contribution in [0.3, 0.4) is 0 Å². The van der Waals surface area contributed by atoms with Gasteiger partial charge in [-0.25, -0.2) is 13.8 Å². The molecule has 0 radical (unpaired) electrons. The number of ether oxygens (including phenoxy) is 1. The number of carbonyl (C=O) groups excluding carboxylic acids is 3. The van der Waals surface area contributed by atoms with Crippen LogP contribution < -0.4 is 26.2 Å². The van der Waals surface area contributed by atoms with E-state index in [1.54, 1.807) is 39.8 Å². The molecule has 9 rings (SSSR count). The summed E-state index contributed by atoms with van der Waals surface area (Å²) < 4.78 is 39.0. The number of ketones is 2. The van der Waals surface area contributed by atoms with Crippen molar-refractivity contribution >= 4 is 23.3 Å². The Kier molecular flexibility index (Phi) is 11.9. The number of benzene rings is 2. The van der Waals surface area contributed by atoms with Gasteiger partial charge in [0.25, 0.3) is 11.5 Å². The Hall–Kier alpha value is -5.09. The fourth-order valence-corrected chi connectivity index (χ4v) is 11.6. The third-order valence-corrected chi connectivity index (χ3v) is 15.5. The second-order valence-electron chi connectivity index (χ2n) is 19.2. The maximum Gasteiger partial charge on any atom is 0.297 e. The fourth-order valence-electron chi connectivity index (χ4n) is 11.6. The molecule has 6 aliphatic rings. The van der Waals surface area contributed by atoms with Crippen molar-refractivity contribution in [2.24, 2.45) is 28.6 Å². The van der Waals surface area contributed by atoms with Crippen molar-refractivity contribution in [1.82, 2.24) is 20.2 Å². The van der Waals surface area contributed by atoms with Gasteiger partial charge in [-0.05, 0) is 114 Å². The van der Waals surface area contributed by atoms with E-state index in [0.717, 1.165) is 37.0 Å².